The molecule has 0 spiro atoms. The third-order valence-corrected chi connectivity index (χ3v) is 4.28. The quantitative estimate of drug-likeness (QED) is 0.356. The van der Waals surface area contributed by atoms with E-state index in [0.717, 1.165) is 11.5 Å². The van der Waals surface area contributed by atoms with Crippen molar-refractivity contribution in [2.75, 3.05) is 19.0 Å². The number of carbonyl (C=O) groups excluding carboxylic acids is 2. The SMILES string of the molecule is CNc1ccc(C(=O)OCC(=O)N[C@H](C)c2cc3ccccc3o2)cc1[N+](=O)[O-]. The fourth-order valence-corrected chi connectivity index (χ4v) is 2.81. The van der Waals surface area contributed by atoms with Crippen LogP contribution in [0, 0.1) is 10.1 Å². The maximum absolute atomic E-state index is 12.1. The number of fused-ring (bicyclic) bond motifs is 1. The first-order chi connectivity index (χ1) is 13.9. The summed E-state index contributed by atoms with van der Waals surface area (Å²) in [5.41, 5.74) is 0.698. The smallest absolute Gasteiger partial charge is 0.338 e. The van der Waals surface area contributed by atoms with Crippen LogP contribution in [0.1, 0.15) is 29.1 Å². The summed E-state index contributed by atoms with van der Waals surface area (Å²) in [6, 6.07) is 12.8. The Bertz CT molecular complexity index is 1040. The number of carbonyl (C=O) groups is 2. The maximum Gasteiger partial charge on any atom is 0.338 e. The fraction of sp³-hybridized carbons (Fsp3) is 0.200. The highest BCUT2D eigenvalue weighted by Gasteiger charge is 2.19. The van der Waals surface area contributed by atoms with Gasteiger partial charge in [-0.1, -0.05) is 18.2 Å². The first-order valence-corrected chi connectivity index (χ1v) is 8.80. The molecule has 0 fully saturated rings. The molecule has 0 aliphatic carbocycles. The van der Waals surface area contributed by atoms with E-state index in [1.165, 1.54) is 19.2 Å². The van der Waals surface area contributed by atoms with E-state index in [9.17, 15) is 19.7 Å². The Morgan fingerprint density at radius 3 is 2.66 bits per heavy atom. The molecule has 9 nitrogen and oxygen atoms in total. The Labute approximate surface area is 165 Å². The van der Waals surface area contributed by atoms with Crippen LogP contribution in [0.25, 0.3) is 11.0 Å². The zero-order valence-corrected chi connectivity index (χ0v) is 15.8. The van der Waals surface area contributed by atoms with Gasteiger partial charge < -0.3 is 19.8 Å². The summed E-state index contributed by atoms with van der Waals surface area (Å²) in [4.78, 5) is 34.7. The number of nitrogens with zero attached hydrogens (tertiary/aromatic N) is 1. The molecular weight excluding hydrogens is 378 g/mol. The van der Waals surface area contributed by atoms with E-state index in [0.29, 0.717) is 11.3 Å². The summed E-state index contributed by atoms with van der Waals surface area (Å²) in [6.07, 6.45) is 0. The molecule has 150 valence electrons. The molecule has 1 atom stereocenters. The van der Waals surface area contributed by atoms with E-state index >= 15 is 0 Å². The second-order valence-corrected chi connectivity index (χ2v) is 6.29. The van der Waals surface area contributed by atoms with Gasteiger partial charge in [0, 0.05) is 18.5 Å². The van der Waals surface area contributed by atoms with Gasteiger partial charge in [0.1, 0.15) is 17.0 Å². The molecule has 0 unspecified atom stereocenters. The summed E-state index contributed by atoms with van der Waals surface area (Å²) in [7, 11) is 1.54. The van der Waals surface area contributed by atoms with Crippen LogP contribution >= 0.6 is 0 Å². The Morgan fingerprint density at radius 2 is 1.97 bits per heavy atom. The molecule has 0 bridgehead atoms. The zero-order valence-electron chi connectivity index (χ0n) is 15.8. The zero-order chi connectivity index (χ0) is 21.0. The molecule has 9 heteroatoms. The molecule has 0 aliphatic rings. The van der Waals surface area contributed by atoms with Gasteiger partial charge in [0.25, 0.3) is 11.6 Å². The minimum Gasteiger partial charge on any atom is -0.459 e. The minimum absolute atomic E-state index is 0.0196. The number of ether oxygens (including phenoxy) is 1. The number of esters is 1. The normalized spacial score (nSPS) is 11.7. The Hall–Kier alpha value is -3.88. The van der Waals surface area contributed by atoms with Crippen LogP contribution in [-0.2, 0) is 9.53 Å². The number of nitro groups is 1. The third kappa shape index (κ3) is 4.52. The molecule has 1 heterocycles. The van der Waals surface area contributed by atoms with Gasteiger partial charge in [0.2, 0.25) is 0 Å². The first kappa shape index (κ1) is 19.9. The average molecular weight is 397 g/mol. The fourth-order valence-electron chi connectivity index (χ4n) is 2.81. The molecule has 0 radical (unpaired) electrons. The van der Waals surface area contributed by atoms with Crippen molar-refractivity contribution >= 4 is 34.2 Å². The van der Waals surface area contributed by atoms with E-state index < -0.39 is 29.4 Å². The Morgan fingerprint density at radius 1 is 1.21 bits per heavy atom. The molecule has 29 heavy (non-hydrogen) atoms. The van der Waals surface area contributed by atoms with Gasteiger partial charge in [-0.2, -0.15) is 0 Å². The summed E-state index contributed by atoms with van der Waals surface area (Å²) in [5, 5.41) is 17.4. The van der Waals surface area contributed by atoms with Crippen LogP contribution in [0.15, 0.2) is 52.9 Å². The van der Waals surface area contributed by atoms with Crippen LogP contribution in [0.3, 0.4) is 0 Å². The van der Waals surface area contributed by atoms with E-state index in [-0.39, 0.29) is 16.9 Å². The second-order valence-electron chi connectivity index (χ2n) is 6.29. The number of furan rings is 1. The molecule has 0 saturated heterocycles. The topological polar surface area (TPSA) is 124 Å². The number of rotatable bonds is 7. The predicted molar refractivity (Wildman–Crippen MR) is 106 cm³/mol. The van der Waals surface area contributed by atoms with Gasteiger partial charge in [-0.15, -0.1) is 0 Å². The standard InChI is InChI=1S/C20H19N3O6/c1-12(18-10-13-5-3-4-6-17(13)29-18)22-19(24)11-28-20(25)14-7-8-15(21-2)16(9-14)23(26)27/h3-10,12,21H,11H2,1-2H3,(H,22,24)/t12-/m1/s1. The molecule has 3 rings (SSSR count). The van der Waals surface area contributed by atoms with Crippen molar-refractivity contribution in [2.24, 2.45) is 0 Å². The van der Waals surface area contributed by atoms with Gasteiger partial charge in [-0.3, -0.25) is 14.9 Å². The lowest BCUT2D eigenvalue weighted by atomic mass is 10.1. The lowest BCUT2D eigenvalue weighted by molar-refractivity contribution is -0.384. The summed E-state index contributed by atoms with van der Waals surface area (Å²) >= 11 is 0. The molecule has 3 aromatic rings. The average Bonchev–Trinajstić information content (AvgIpc) is 3.16. The number of nitro benzene ring substituents is 1. The van der Waals surface area contributed by atoms with Crippen molar-refractivity contribution in [1.29, 1.82) is 0 Å². The number of nitrogens with one attached hydrogen (secondary N) is 2. The molecule has 1 aromatic heterocycles. The summed E-state index contributed by atoms with van der Waals surface area (Å²) in [5.74, 6) is -0.779. The number of anilines is 1. The minimum atomic E-state index is -0.831. The highest BCUT2D eigenvalue weighted by Crippen LogP contribution is 2.25. The van der Waals surface area contributed by atoms with Gasteiger partial charge in [0.15, 0.2) is 6.61 Å². The number of hydrogen-bond acceptors (Lipinski definition) is 7. The largest absolute Gasteiger partial charge is 0.459 e. The van der Waals surface area contributed by atoms with Crippen LogP contribution in [0.5, 0.6) is 0 Å². The molecule has 1 amide bonds. The van der Waals surface area contributed by atoms with E-state index in [2.05, 4.69) is 10.6 Å². The number of amides is 1. The van der Waals surface area contributed by atoms with Crippen LogP contribution in [-0.4, -0.2) is 30.5 Å². The monoisotopic (exact) mass is 397 g/mol. The van der Waals surface area contributed by atoms with Gasteiger partial charge >= 0.3 is 5.97 Å². The predicted octanol–water partition coefficient (Wildman–Crippen LogP) is 3.42. The molecular formula is C20H19N3O6. The van der Waals surface area contributed by atoms with Crippen molar-refractivity contribution in [3.05, 3.63) is 70.0 Å². The number of para-hydroxylation sites is 1. The molecule has 0 aliphatic heterocycles. The molecule has 2 N–H and O–H groups in total. The number of benzene rings is 2. The van der Waals surface area contributed by atoms with E-state index in [1.807, 2.05) is 30.3 Å². The lowest BCUT2D eigenvalue weighted by Crippen LogP contribution is -2.31. The van der Waals surface area contributed by atoms with Crippen molar-refractivity contribution in [1.82, 2.24) is 5.32 Å². The highest BCUT2D eigenvalue weighted by atomic mass is 16.6. The number of hydrogen-bond donors (Lipinski definition) is 2. The third-order valence-electron chi connectivity index (χ3n) is 4.28. The lowest BCUT2D eigenvalue weighted by Gasteiger charge is -2.11. The van der Waals surface area contributed by atoms with Crippen LogP contribution < -0.4 is 10.6 Å². The van der Waals surface area contributed by atoms with E-state index in [1.54, 1.807) is 6.92 Å². The highest BCUT2D eigenvalue weighted by molar-refractivity contribution is 5.93. The van der Waals surface area contributed by atoms with Crippen LogP contribution in [0.4, 0.5) is 11.4 Å². The summed E-state index contributed by atoms with van der Waals surface area (Å²) < 4.78 is 10.7. The van der Waals surface area contributed by atoms with Gasteiger partial charge in [-0.25, -0.2) is 4.79 Å². The van der Waals surface area contributed by atoms with Gasteiger partial charge in [0.05, 0.1) is 16.5 Å². The van der Waals surface area contributed by atoms with Gasteiger partial charge in [-0.05, 0) is 31.2 Å². The summed E-state index contributed by atoms with van der Waals surface area (Å²) in [6.45, 7) is 1.22. The second kappa shape index (κ2) is 8.42. The Kier molecular flexibility index (Phi) is 5.77. The maximum atomic E-state index is 12.1. The Balaban J connectivity index is 1.59. The van der Waals surface area contributed by atoms with Crippen molar-refractivity contribution in [2.45, 2.75) is 13.0 Å². The van der Waals surface area contributed by atoms with Crippen molar-refractivity contribution in [3.8, 4) is 0 Å². The van der Waals surface area contributed by atoms with E-state index in [4.69, 9.17) is 9.15 Å². The van der Waals surface area contributed by atoms with Crippen molar-refractivity contribution < 1.29 is 23.7 Å². The van der Waals surface area contributed by atoms with Crippen LogP contribution in [0.2, 0.25) is 0 Å². The molecule has 0 saturated carbocycles. The first-order valence-electron chi connectivity index (χ1n) is 8.80. The molecule has 2 aromatic carbocycles. The van der Waals surface area contributed by atoms with Crippen molar-refractivity contribution in [3.63, 3.8) is 0 Å².